The molecule has 27 heavy (non-hydrogen) atoms. The SMILES string of the molecule is COC1CCC(C(=O)N2CCC3(C(=O)O)CC2Cc2ccc(O)cc23)CC1. The van der Waals surface area contributed by atoms with Gasteiger partial charge in [-0.25, -0.2) is 0 Å². The zero-order valence-electron chi connectivity index (χ0n) is 15.7. The fraction of sp³-hybridized carbons (Fsp3) is 0.619. The van der Waals surface area contributed by atoms with Gasteiger partial charge < -0.3 is 19.8 Å². The molecule has 1 aromatic rings. The van der Waals surface area contributed by atoms with Crippen molar-refractivity contribution in [2.45, 2.75) is 62.5 Å². The number of hydrogen-bond donors (Lipinski definition) is 2. The normalized spacial score (nSPS) is 32.6. The number of phenolic OH excluding ortho intramolecular Hbond substituents is 1. The van der Waals surface area contributed by atoms with Crippen LogP contribution in [0.3, 0.4) is 0 Å². The molecule has 1 saturated heterocycles. The summed E-state index contributed by atoms with van der Waals surface area (Å²) in [5.41, 5.74) is 0.660. The van der Waals surface area contributed by atoms with Crippen LogP contribution in [0.4, 0.5) is 0 Å². The van der Waals surface area contributed by atoms with Crippen molar-refractivity contribution in [3.8, 4) is 5.75 Å². The highest BCUT2D eigenvalue weighted by Crippen LogP contribution is 2.47. The molecular weight excluding hydrogens is 346 g/mol. The average Bonchev–Trinajstić information content (AvgIpc) is 2.68. The number of carbonyl (C=O) groups excluding carboxylic acids is 1. The third kappa shape index (κ3) is 3.00. The predicted molar refractivity (Wildman–Crippen MR) is 98.6 cm³/mol. The van der Waals surface area contributed by atoms with E-state index in [0.29, 0.717) is 25.8 Å². The van der Waals surface area contributed by atoms with Crippen molar-refractivity contribution in [2.24, 2.45) is 5.92 Å². The molecule has 3 aliphatic rings. The molecule has 6 heteroatoms. The Bertz CT molecular complexity index is 755. The predicted octanol–water partition coefficient (Wildman–Crippen LogP) is 2.47. The number of aromatic hydroxyl groups is 1. The van der Waals surface area contributed by atoms with E-state index >= 15 is 0 Å². The third-order valence-corrected chi connectivity index (χ3v) is 6.92. The van der Waals surface area contributed by atoms with E-state index in [0.717, 1.165) is 36.8 Å². The molecule has 146 valence electrons. The Hall–Kier alpha value is -2.08. The lowest BCUT2D eigenvalue weighted by Crippen LogP contribution is -2.58. The summed E-state index contributed by atoms with van der Waals surface area (Å²) in [7, 11) is 1.72. The number of carbonyl (C=O) groups is 2. The number of methoxy groups -OCH3 is 1. The number of hydrogen-bond acceptors (Lipinski definition) is 4. The molecule has 1 aliphatic heterocycles. The summed E-state index contributed by atoms with van der Waals surface area (Å²) in [6.07, 6.45) is 5.24. The van der Waals surface area contributed by atoms with Crippen LogP contribution in [0.15, 0.2) is 18.2 Å². The molecule has 2 atom stereocenters. The van der Waals surface area contributed by atoms with Gasteiger partial charge in [-0.05, 0) is 68.2 Å². The quantitative estimate of drug-likeness (QED) is 0.850. The highest BCUT2D eigenvalue weighted by atomic mass is 16.5. The van der Waals surface area contributed by atoms with Gasteiger partial charge in [0, 0.05) is 25.6 Å². The minimum absolute atomic E-state index is 0.0231. The maximum atomic E-state index is 13.2. The molecule has 0 radical (unpaired) electrons. The Morgan fingerprint density at radius 2 is 1.96 bits per heavy atom. The number of piperidine rings is 1. The van der Waals surface area contributed by atoms with Crippen LogP contribution in [0.2, 0.25) is 0 Å². The van der Waals surface area contributed by atoms with Crippen LogP contribution < -0.4 is 0 Å². The molecule has 2 N–H and O–H groups in total. The number of amides is 1. The molecule has 1 aromatic carbocycles. The molecule has 1 amide bonds. The van der Waals surface area contributed by atoms with E-state index in [-0.39, 0.29) is 29.7 Å². The van der Waals surface area contributed by atoms with Crippen molar-refractivity contribution in [1.82, 2.24) is 4.90 Å². The highest BCUT2D eigenvalue weighted by Gasteiger charge is 2.52. The molecule has 1 saturated carbocycles. The summed E-state index contributed by atoms with van der Waals surface area (Å²) in [4.78, 5) is 27.3. The molecule has 2 aliphatic carbocycles. The summed E-state index contributed by atoms with van der Waals surface area (Å²) >= 11 is 0. The van der Waals surface area contributed by atoms with E-state index in [9.17, 15) is 19.8 Å². The van der Waals surface area contributed by atoms with Crippen LogP contribution in [-0.2, 0) is 26.2 Å². The fourth-order valence-corrected chi connectivity index (χ4v) is 5.36. The minimum Gasteiger partial charge on any atom is -0.508 e. The number of ether oxygens (including phenoxy) is 1. The first-order valence-corrected chi connectivity index (χ1v) is 9.83. The van der Waals surface area contributed by atoms with Gasteiger partial charge in [0.15, 0.2) is 0 Å². The van der Waals surface area contributed by atoms with E-state index in [1.54, 1.807) is 19.2 Å². The van der Waals surface area contributed by atoms with Crippen LogP contribution in [0.25, 0.3) is 0 Å². The number of carboxylic acids is 1. The van der Waals surface area contributed by atoms with Gasteiger partial charge in [0.1, 0.15) is 5.75 Å². The number of benzene rings is 1. The number of nitrogens with zero attached hydrogens (tertiary/aromatic N) is 1. The summed E-state index contributed by atoms with van der Waals surface area (Å²) in [5.74, 6) is -0.557. The fourth-order valence-electron chi connectivity index (χ4n) is 5.36. The number of fused-ring (bicyclic) bond motifs is 4. The van der Waals surface area contributed by atoms with E-state index < -0.39 is 11.4 Å². The van der Waals surface area contributed by atoms with Crippen molar-refractivity contribution < 1.29 is 24.5 Å². The second-order valence-corrected chi connectivity index (χ2v) is 8.28. The van der Waals surface area contributed by atoms with Gasteiger partial charge in [-0.15, -0.1) is 0 Å². The molecule has 0 aromatic heterocycles. The van der Waals surface area contributed by atoms with Crippen LogP contribution in [0.5, 0.6) is 5.75 Å². The monoisotopic (exact) mass is 373 g/mol. The summed E-state index contributed by atoms with van der Waals surface area (Å²) in [6.45, 7) is 0.467. The van der Waals surface area contributed by atoms with E-state index in [1.165, 1.54) is 0 Å². The second-order valence-electron chi connectivity index (χ2n) is 8.28. The first-order chi connectivity index (χ1) is 12.9. The van der Waals surface area contributed by atoms with E-state index in [4.69, 9.17) is 4.74 Å². The lowest BCUT2D eigenvalue weighted by atomic mass is 9.63. The van der Waals surface area contributed by atoms with Gasteiger partial charge in [-0.1, -0.05) is 6.07 Å². The number of phenols is 1. The molecule has 1 heterocycles. The lowest BCUT2D eigenvalue weighted by molar-refractivity contribution is -0.153. The van der Waals surface area contributed by atoms with E-state index in [2.05, 4.69) is 0 Å². The van der Waals surface area contributed by atoms with Gasteiger partial charge in [-0.3, -0.25) is 9.59 Å². The number of rotatable bonds is 3. The second kappa shape index (κ2) is 6.82. The van der Waals surface area contributed by atoms with Gasteiger partial charge in [-0.2, -0.15) is 0 Å². The van der Waals surface area contributed by atoms with Crippen LogP contribution >= 0.6 is 0 Å². The number of likely N-dealkylation sites (tertiary alicyclic amines) is 1. The van der Waals surface area contributed by atoms with E-state index in [1.807, 2.05) is 11.0 Å². The van der Waals surface area contributed by atoms with Crippen molar-refractivity contribution in [3.05, 3.63) is 29.3 Å². The molecular formula is C21H27NO5. The highest BCUT2D eigenvalue weighted by molar-refractivity contribution is 5.85. The number of aliphatic carboxylic acids is 1. The summed E-state index contributed by atoms with van der Waals surface area (Å²) in [6, 6.07) is 4.93. The maximum Gasteiger partial charge on any atom is 0.314 e. The largest absolute Gasteiger partial charge is 0.508 e. The molecule has 2 unspecified atom stereocenters. The van der Waals surface area contributed by atoms with Crippen LogP contribution in [0.1, 0.15) is 49.7 Å². The van der Waals surface area contributed by atoms with Crippen molar-refractivity contribution in [3.63, 3.8) is 0 Å². The smallest absolute Gasteiger partial charge is 0.314 e. The Labute approximate surface area is 159 Å². The standard InChI is InChI=1S/C21H27NO5/c1-27-17-6-3-13(4-7-17)19(24)22-9-8-21(20(25)26)12-15(22)10-14-2-5-16(23)11-18(14)21/h2,5,11,13,15,17,23H,3-4,6-10,12H2,1H3,(H,25,26). The number of carboxylic acid groups (broad SMARTS) is 1. The van der Waals surface area contributed by atoms with Crippen molar-refractivity contribution in [1.29, 1.82) is 0 Å². The molecule has 6 nitrogen and oxygen atoms in total. The van der Waals surface area contributed by atoms with Crippen molar-refractivity contribution in [2.75, 3.05) is 13.7 Å². The van der Waals surface area contributed by atoms with Crippen LogP contribution in [-0.4, -0.2) is 52.8 Å². The van der Waals surface area contributed by atoms with Gasteiger partial charge >= 0.3 is 5.97 Å². The van der Waals surface area contributed by atoms with Crippen LogP contribution in [0, 0.1) is 5.92 Å². The molecule has 4 rings (SSSR count). The zero-order valence-corrected chi connectivity index (χ0v) is 15.7. The summed E-state index contributed by atoms with van der Waals surface area (Å²) in [5, 5.41) is 19.9. The third-order valence-electron chi connectivity index (χ3n) is 6.92. The maximum absolute atomic E-state index is 13.2. The zero-order chi connectivity index (χ0) is 19.2. The van der Waals surface area contributed by atoms with Crippen molar-refractivity contribution >= 4 is 11.9 Å². The topological polar surface area (TPSA) is 87.1 Å². The molecule has 2 bridgehead atoms. The lowest BCUT2D eigenvalue weighted by Gasteiger charge is -2.50. The van der Waals surface area contributed by atoms with Gasteiger partial charge in [0.05, 0.1) is 11.5 Å². The molecule has 0 spiro atoms. The Morgan fingerprint density at radius 1 is 1.22 bits per heavy atom. The van der Waals surface area contributed by atoms with Gasteiger partial charge in [0.25, 0.3) is 0 Å². The Balaban J connectivity index is 1.58. The minimum atomic E-state index is -0.999. The van der Waals surface area contributed by atoms with Gasteiger partial charge in [0.2, 0.25) is 5.91 Å². The average molecular weight is 373 g/mol. The summed E-state index contributed by atoms with van der Waals surface area (Å²) < 4.78 is 5.41. The first-order valence-electron chi connectivity index (χ1n) is 9.83. The first kappa shape index (κ1) is 18.3. The Kier molecular flexibility index (Phi) is 4.62. The molecule has 2 fully saturated rings. The Morgan fingerprint density at radius 3 is 2.63 bits per heavy atom.